The fourth-order valence-electron chi connectivity index (χ4n) is 4.29. The second-order valence-corrected chi connectivity index (χ2v) is 8.89. The van der Waals surface area contributed by atoms with Gasteiger partial charge in [0.2, 0.25) is 0 Å². The normalized spacial score (nSPS) is 14.0. The number of carbonyl (C=O) groups excluding carboxylic acids is 1. The molecule has 2 aromatic carbocycles. The number of H-pyrrole nitrogens is 1. The molecule has 3 heterocycles. The topological polar surface area (TPSA) is 138 Å². The Kier molecular flexibility index (Phi) is 6.92. The van der Waals surface area contributed by atoms with E-state index in [-0.39, 0.29) is 19.1 Å². The first-order chi connectivity index (χ1) is 17.6. The standard InChI is InChI=1S/C26H29N7O3/c1-33(21(14-34)15-35)26(36)23-10-17-2-3-18(11-22(17)31-23)25-27-9-8-24(32-25)30-20-6-4-16(5-7-20)19-12-28-29-13-19/h2-11,19,21,28-29,31,34-35H,12-15H2,1H3,(H,27,30,32). The highest BCUT2D eigenvalue weighted by Gasteiger charge is 2.21. The number of fused-ring (bicyclic) bond motifs is 1. The van der Waals surface area contributed by atoms with Crippen molar-refractivity contribution in [1.29, 1.82) is 0 Å². The molecule has 10 nitrogen and oxygen atoms in total. The van der Waals surface area contributed by atoms with Gasteiger partial charge in [-0.05, 0) is 35.9 Å². The van der Waals surface area contributed by atoms with Crippen LogP contribution < -0.4 is 16.2 Å². The van der Waals surface area contributed by atoms with Gasteiger partial charge >= 0.3 is 0 Å². The van der Waals surface area contributed by atoms with Gasteiger partial charge in [0.1, 0.15) is 11.5 Å². The summed E-state index contributed by atoms with van der Waals surface area (Å²) in [7, 11) is 1.55. The van der Waals surface area contributed by atoms with Gasteiger partial charge in [0, 0.05) is 54.4 Å². The second-order valence-electron chi connectivity index (χ2n) is 8.89. The zero-order chi connectivity index (χ0) is 25.1. The summed E-state index contributed by atoms with van der Waals surface area (Å²) in [5, 5.41) is 23.0. The van der Waals surface area contributed by atoms with Crippen molar-refractivity contribution in [2.75, 3.05) is 38.7 Å². The maximum atomic E-state index is 12.8. The van der Waals surface area contributed by atoms with Crippen LogP contribution in [-0.4, -0.2) is 75.4 Å². The Morgan fingerprint density at radius 3 is 2.56 bits per heavy atom. The number of anilines is 2. The van der Waals surface area contributed by atoms with Crippen LogP contribution in [0.1, 0.15) is 22.0 Å². The molecule has 4 aromatic rings. The number of carbonyl (C=O) groups is 1. The number of aromatic nitrogens is 3. The molecule has 5 rings (SSSR count). The van der Waals surface area contributed by atoms with Crippen LogP contribution in [0.4, 0.5) is 11.5 Å². The molecule has 0 spiro atoms. The average molecular weight is 488 g/mol. The van der Waals surface area contributed by atoms with E-state index < -0.39 is 6.04 Å². The molecular formula is C26H29N7O3. The summed E-state index contributed by atoms with van der Waals surface area (Å²) in [6.45, 7) is 1.21. The number of aliphatic hydroxyl groups is 2. The quantitative estimate of drug-likeness (QED) is 0.222. The molecule has 0 atom stereocenters. The van der Waals surface area contributed by atoms with Gasteiger partial charge in [-0.1, -0.05) is 24.3 Å². The Morgan fingerprint density at radius 1 is 1.08 bits per heavy atom. The third kappa shape index (κ3) is 4.93. The molecule has 186 valence electrons. The summed E-state index contributed by atoms with van der Waals surface area (Å²) >= 11 is 0. The summed E-state index contributed by atoms with van der Waals surface area (Å²) < 4.78 is 0. The van der Waals surface area contributed by atoms with Gasteiger partial charge in [-0.25, -0.2) is 9.97 Å². The lowest BCUT2D eigenvalue weighted by molar-refractivity contribution is 0.0540. The summed E-state index contributed by atoms with van der Waals surface area (Å²) in [5.41, 5.74) is 10.5. The van der Waals surface area contributed by atoms with Gasteiger partial charge < -0.3 is 25.4 Å². The van der Waals surface area contributed by atoms with E-state index in [1.165, 1.54) is 10.5 Å². The minimum absolute atomic E-state index is 0.310. The van der Waals surface area contributed by atoms with Crippen LogP contribution in [0.25, 0.3) is 22.3 Å². The highest BCUT2D eigenvalue weighted by molar-refractivity contribution is 5.98. The Bertz CT molecular complexity index is 1350. The van der Waals surface area contributed by atoms with Crippen LogP contribution in [0.5, 0.6) is 0 Å². The van der Waals surface area contributed by atoms with Gasteiger partial charge in [0.25, 0.3) is 5.91 Å². The lowest BCUT2D eigenvalue weighted by Gasteiger charge is -2.24. The molecule has 6 N–H and O–H groups in total. The number of aromatic amines is 1. The first-order valence-corrected chi connectivity index (χ1v) is 11.8. The molecule has 0 saturated carbocycles. The van der Waals surface area contributed by atoms with Crippen molar-refractivity contribution in [3.8, 4) is 11.4 Å². The first kappa shape index (κ1) is 23.9. The van der Waals surface area contributed by atoms with E-state index >= 15 is 0 Å². The molecule has 0 aliphatic carbocycles. The Labute approximate surface area is 208 Å². The number of rotatable bonds is 8. The number of benzene rings is 2. The van der Waals surface area contributed by atoms with E-state index in [1.807, 2.05) is 36.4 Å². The Hall–Kier alpha value is -3.83. The monoisotopic (exact) mass is 487 g/mol. The van der Waals surface area contributed by atoms with E-state index in [0.29, 0.717) is 23.3 Å². The van der Waals surface area contributed by atoms with Crippen LogP contribution in [0, 0.1) is 0 Å². The van der Waals surface area contributed by atoms with Gasteiger partial charge in [-0.3, -0.25) is 15.6 Å². The molecule has 1 saturated heterocycles. The fraction of sp³-hybridized carbons (Fsp3) is 0.269. The van der Waals surface area contributed by atoms with Gasteiger partial charge in [-0.2, -0.15) is 0 Å². The minimum atomic E-state index is -0.656. The van der Waals surface area contributed by atoms with Gasteiger partial charge in [-0.15, -0.1) is 0 Å². The molecule has 0 unspecified atom stereocenters. The Morgan fingerprint density at radius 2 is 1.83 bits per heavy atom. The van der Waals surface area contributed by atoms with Crippen LogP contribution in [0.3, 0.4) is 0 Å². The third-order valence-corrected chi connectivity index (χ3v) is 6.53. The van der Waals surface area contributed by atoms with E-state index in [4.69, 9.17) is 0 Å². The van der Waals surface area contributed by atoms with Crippen molar-refractivity contribution in [2.45, 2.75) is 12.0 Å². The molecule has 0 bridgehead atoms. The maximum Gasteiger partial charge on any atom is 0.270 e. The molecule has 0 radical (unpaired) electrons. The van der Waals surface area contributed by atoms with Gasteiger partial charge in [0.05, 0.1) is 19.3 Å². The Balaban J connectivity index is 1.33. The molecule has 1 aliphatic rings. The minimum Gasteiger partial charge on any atom is -0.394 e. The predicted octanol–water partition coefficient (Wildman–Crippen LogP) is 1.99. The number of amides is 1. The molecular weight excluding hydrogens is 458 g/mol. The molecule has 36 heavy (non-hydrogen) atoms. The van der Waals surface area contributed by atoms with Crippen LogP contribution >= 0.6 is 0 Å². The summed E-state index contributed by atoms with van der Waals surface area (Å²) in [6, 6.07) is 17.0. The van der Waals surface area contributed by atoms with E-state index in [0.717, 1.165) is 35.2 Å². The van der Waals surface area contributed by atoms with Crippen molar-refractivity contribution in [3.63, 3.8) is 0 Å². The molecule has 1 aliphatic heterocycles. The van der Waals surface area contributed by atoms with Crippen LogP contribution in [0.2, 0.25) is 0 Å². The largest absolute Gasteiger partial charge is 0.394 e. The highest BCUT2D eigenvalue weighted by atomic mass is 16.3. The number of hydrogen-bond donors (Lipinski definition) is 6. The van der Waals surface area contributed by atoms with Crippen LogP contribution in [0.15, 0.2) is 60.8 Å². The first-order valence-electron chi connectivity index (χ1n) is 11.8. The zero-order valence-electron chi connectivity index (χ0n) is 19.9. The summed E-state index contributed by atoms with van der Waals surface area (Å²) in [5.74, 6) is 1.39. The SMILES string of the molecule is CN(C(=O)c1cc2ccc(-c3nccc(Nc4ccc(C5CNNC5)cc4)n3)cc2[nH]1)C(CO)CO. The number of nitrogens with zero attached hydrogens (tertiary/aromatic N) is 3. The number of hydrazine groups is 1. The molecule has 1 fully saturated rings. The zero-order valence-corrected chi connectivity index (χ0v) is 19.9. The van der Waals surface area contributed by atoms with Crippen molar-refractivity contribution in [3.05, 3.63) is 72.1 Å². The fourth-order valence-corrected chi connectivity index (χ4v) is 4.29. The van der Waals surface area contributed by atoms with Crippen molar-refractivity contribution in [2.24, 2.45) is 0 Å². The summed E-state index contributed by atoms with van der Waals surface area (Å²) in [4.78, 5) is 26.3. The number of hydrogen-bond acceptors (Lipinski definition) is 8. The number of likely N-dealkylation sites (N-methyl/N-ethyl adjacent to an activating group) is 1. The predicted molar refractivity (Wildman–Crippen MR) is 138 cm³/mol. The average Bonchev–Trinajstić information content (AvgIpc) is 3.59. The highest BCUT2D eigenvalue weighted by Crippen LogP contribution is 2.25. The number of nitrogens with one attached hydrogen (secondary N) is 4. The van der Waals surface area contributed by atoms with E-state index in [2.05, 4.69) is 43.3 Å². The molecule has 1 amide bonds. The number of aliphatic hydroxyl groups excluding tert-OH is 2. The van der Waals surface area contributed by atoms with E-state index in [9.17, 15) is 15.0 Å². The van der Waals surface area contributed by atoms with Crippen LogP contribution in [-0.2, 0) is 0 Å². The lowest BCUT2D eigenvalue weighted by atomic mass is 10.0. The summed E-state index contributed by atoms with van der Waals surface area (Å²) in [6.07, 6.45) is 1.71. The third-order valence-electron chi connectivity index (χ3n) is 6.53. The molecule has 10 heteroatoms. The van der Waals surface area contributed by atoms with Crippen molar-refractivity contribution < 1.29 is 15.0 Å². The van der Waals surface area contributed by atoms with E-state index in [1.54, 1.807) is 19.3 Å². The van der Waals surface area contributed by atoms with Crippen molar-refractivity contribution in [1.82, 2.24) is 30.7 Å². The maximum absolute atomic E-state index is 12.8. The van der Waals surface area contributed by atoms with Gasteiger partial charge in [0.15, 0.2) is 5.82 Å². The lowest BCUT2D eigenvalue weighted by Crippen LogP contribution is -2.41. The second kappa shape index (κ2) is 10.4. The smallest absolute Gasteiger partial charge is 0.270 e. The molecule has 2 aromatic heterocycles. The van der Waals surface area contributed by atoms with Crippen molar-refractivity contribution >= 4 is 28.3 Å².